The van der Waals surface area contributed by atoms with Gasteiger partial charge >= 0.3 is 0 Å². The summed E-state index contributed by atoms with van der Waals surface area (Å²) in [6.07, 6.45) is 1.70. The molecule has 0 amide bonds. The molecule has 0 spiro atoms. The number of hydrogen-bond acceptors (Lipinski definition) is 3. The van der Waals surface area contributed by atoms with Gasteiger partial charge in [-0.2, -0.15) is 0 Å². The monoisotopic (exact) mass is 297 g/mol. The Morgan fingerprint density at radius 1 is 1.14 bits per heavy atom. The van der Waals surface area contributed by atoms with E-state index in [-0.39, 0.29) is 0 Å². The Morgan fingerprint density at radius 2 is 2.00 bits per heavy atom. The first-order chi connectivity index (χ1) is 10.1. The van der Waals surface area contributed by atoms with Crippen molar-refractivity contribution in [1.29, 1.82) is 0 Å². The van der Waals surface area contributed by atoms with Crippen LogP contribution in [0.2, 0.25) is 5.15 Å². The molecule has 3 aromatic heterocycles. The molecule has 0 unspecified atom stereocenters. The largest absolute Gasteiger partial charge is 0.361 e. The highest BCUT2D eigenvalue weighted by molar-refractivity contribution is 6.36. The Morgan fingerprint density at radius 3 is 2.76 bits per heavy atom. The highest BCUT2D eigenvalue weighted by Gasteiger charge is 2.14. The third-order valence-electron chi connectivity index (χ3n) is 3.79. The number of halogens is 1. The second kappa shape index (κ2) is 4.33. The Bertz CT molecular complexity index is 964. The molecule has 1 N–H and O–H groups in total. The fourth-order valence-electron chi connectivity index (χ4n) is 2.85. The lowest BCUT2D eigenvalue weighted by atomic mass is 10.0. The Kier molecular flexibility index (Phi) is 2.56. The molecule has 0 aliphatic heterocycles. The van der Waals surface area contributed by atoms with Gasteiger partial charge in [-0.05, 0) is 37.6 Å². The summed E-state index contributed by atoms with van der Waals surface area (Å²) in [5.74, 6) is 0.816. The quantitative estimate of drug-likeness (QED) is 0.521. The van der Waals surface area contributed by atoms with E-state index in [2.05, 4.69) is 27.3 Å². The van der Waals surface area contributed by atoms with Crippen molar-refractivity contribution in [3.63, 3.8) is 0 Å². The van der Waals surface area contributed by atoms with Gasteiger partial charge < -0.3 is 9.51 Å². The standard InChI is InChI=1S/C16H12ClN3O/c1-8-14(9(2)21-20-8)10-3-4-12-11(7-10)15-13(19-12)5-6-18-16(15)17/h3-7,19H,1-2H3. The van der Waals surface area contributed by atoms with E-state index in [1.165, 1.54) is 0 Å². The summed E-state index contributed by atoms with van der Waals surface area (Å²) >= 11 is 6.26. The molecule has 0 saturated carbocycles. The average Bonchev–Trinajstić information content (AvgIpc) is 2.99. The zero-order valence-electron chi connectivity index (χ0n) is 11.6. The Labute approximate surface area is 125 Å². The molecule has 0 saturated heterocycles. The maximum Gasteiger partial charge on any atom is 0.141 e. The molecule has 0 atom stereocenters. The highest BCUT2D eigenvalue weighted by atomic mass is 35.5. The van der Waals surface area contributed by atoms with Gasteiger partial charge in [-0.15, -0.1) is 0 Å². The lowest BCUT2D eigenvalue weighted by Gasteiger charge is -2.01. The van der Waals surface area contributed by atoms with Crippen molar-refractivity contribution in [3.8, 4) is 11.1 Å². The number of pyridine rings is 1. The van der Waals surface area contributed by atoms with Crippen LogP contribution in [0.1, 0.15) is 11.5 Å². The number of rotatable bonds is 1. The smallest absolute Gasteiger partial charge is 0.141 e. The molecule has 0 bridgehead atoms. The van der Waals surface area contributed by atoms with Gasteiger partial charge in [0, 0.05) is 28.0 Å². The molecule has 0 aliphatic rings. The summed E-state index contributed by atoms with van der Waals surface area (Å²) in [5, 5.41) is 6.53. The first kappa shape index (κ1) is 12.4. The molecule has 1 aromatic carbocycles. The minimum absolute atomic E-state index is 0.509. The number of fused-ring (bicyclic) bond motifs is 3. The van der Waals surface area contributed by atoms with Crippen molar-refractivity contribution in [1.82, 2.24) is 15.1 Å². The van der Waals surface area contributed by atoms with Crippen LogP contribution in [-0.2, 0) is 0 Å². The van der Waals surface area contributed by atoms with Gasteiger partial charge in [-0.25, -0.2) is 4.98 Å². The molecule has 5 heteroatoms. The van der Waals surface area contributed by atoms with E-state index in [1.807, 2.05) is 26.0 Å². The molecule has 4 aromatic rings. The maximum absolute atomic E-state index is 6.26. The van der Waals surface area contributed by atoms with Crippen LogP contribution in [0.15, 0.2) is 35.0 Å². The number of H-pyrrole nitrogens is 1. The van der Waals surface area contributed by atoms with Crippen LogP contribution >= 0.6 is 11.6 Å². The number of nitrogens with zero attached hydrogens (tertiary/aromatic N) is 2. The van der Waals surface area contributed by atoms with Crippen LogP contribution in [0.5, 0.6) is 0 Å². The second-order valence-electron chi connectivity index (χ2n) is 5.11. The van der Waals surface area contributed by atoms with Crippen LogP contribution < -0.4 is 0 Å². The second-order valence-corrected chi connectivity index (χ2v) is 5.47. The van der Waals surface area contributed by atoms with E-state index in [1.54, 1.807) is 6.20 Å². The average molecular weight is 298 g/mol. The third-order valence-corrected chi connectivity index (χ3v) is 4.07. The first-order valence-electron chi connectivity index (χ1n) is 6.64. The minimum atomic E-state index is 0.509. The Hall–Kier alpha value is -2.33. The van der Waals surface area contributed by atoms with Crippen LogP contribution in [0, 0.1) is 13.8 Å². The Balaban J connectivity index is 2.08. The summed E-state index contributed by atoms with van der Waals surface area (Å²) in [5.41, 5.74) is 5.01. The van der Waals surface area contributed by atoms with Gasteiger partial charge in [-0.3, -0.25) is 0 Å². The van der Waals surface area contributed by atoms with Crippen LogP contribution in [0.4, 0.5) is 0 Å². The fourth-order valence-corrected chi connectivity index (χ4v) is 3.11. The van der Waals surface area contributed by atoms with Crippen molar-refractivity contribution >= 4 is 33.4 Å². The number of hydrogen-bond donors (Lipinski definition) is 1. The number of aromatic nitrogens is 3. The first-order valence-corrected chi connectivity index (χ1v) is 7.02. The molecule has 21 heavy (non-hydrogen) atoms. The van der Waals surface area contributed by atoms with Gasteiger partial charge in [-0.1, -0.05) is 22.8 Å². The molecule has 104 valence electrons. The van der Waals surface area contributed by atoms with E-state index in [4.69, 9.17) is 16.1 Å². The molecule has 0 aliphatic carbocycles. The van der Waals surface area contributed by atoms with Gasteiger partial charge in [0.05, 0.1) is 11.2 Å². The lowest BCUT2D eigenvalue weighted by Crippen LogP contribution is -1.82. The highest BCUT2D eigenvalue weighted by Crippen LogP contribution is 2.34. The van der Waals surface area contributed by atoms with Crippen molar-refractivity contribution in [2.24, 2.45) is 0 Å². The van der Waals surface area contributed by atoms with Crippen molar-refractivity contribution < 1.29 is 4.52 Å². The predicted octanol–water partition coefficient (Wildman–Crippen LogP) is 4.64. The van der Waals surface area contributed by atoms with E-state index in [0.717, 1.165) is 44.4 Å². The molecule has 3 heterocycles. The number of aromatic amines is 1. The predicted molar refractivity (Wildman–Crippen MR) is 83.6 cm³/mol. The lowest BCUT2D eigenvalue weighted by molar-refractivity contribution is 0.393. The van der Waals surface area contributed by atoms with E-state index in [0.29, 0.717) is 5.15 Å². The molecule has 0 radical (unpaired) electrons. The minimum Gasteiger partial charge on any atom is -0.361 e. The van der Waals surface area contributed by atoms with Crippen LogP contribution in [-0.4, -0.2) is 15.1 Å². The molecule has 0 fully saturated rings. The molecule has 4 rings (SSSR count). The van der Waals surface area contributed by atoms with Crippen LogP contribution in [0.25, 0.3) is 32.9 Å². The van der Waals surface area contributed by atoms with Crippen molar-refractivity contribution in [2.45, 2.75) is 13.8 Å². The third kappa shape index (κ3) is 1.76. The van der Waals surface area contributed by atoms with Crippen LogP contribution in [0.3, 0.4) is 0 Å². The molecular formula is C16H12ClN3O. The maximum atomic E-state index is 6.26. The van der Waals surface area contributed by atoms with Gasteiger partial charge in [0.15, 0.2) is 0 Å². The van der Waals surface area contributed by atoms with Gasteiger partial charge in [0.2, 0.25) is 0 Å². The zero-order chi connectivity index (χ0) is 14.6. The number of aryl methyl sites for hydroxylation is 2. The van der Waals surface area contributed by atoms with Crippen molar-refractivity contribution in [2.75, 3.05) is 0 Å². The topological polar surface area (TPSA) is 54.7 Å². The van der Waals surface area contributed by atoms with Crippen molar-refractivity contribution in [3.05, 3.63) is 47.1 Å². The molecule has 4 nitrogen and oxygen atoms in total. The number of nitrogens with one attached hydrogen (secondary N) is 1. The van der Waals surface area contributed by atoms with E-state index < -0.39 is 0 Å². The van der Waals surface area contributed by atoms with Gasteiger partial charge in [0.25, 0.3) is 0 Å². The van der Waals surface area contributed by atoms with E-state index in [9.17, 15) is 0 Å². The number of benzene rings is 1. The molecular weight excluding hydrogens is 286 g/mol. The summed E-state index contributed by atoms with van der Waals surface area (Å²) in [7, 11) is 0. The zero-order valence-corrected chi connectivity index (χ0v) is 12.3. The fraction of sp³-hybridized carbons (Fsp3) is 0.125. The summed E-state index contributed by atoms with van der Waals surface area (Å²) in [4.78, 5) is 7.53. The SMILES string of the molecule is Cc1noc(C)c1-c1ccc2[nH]c3ccnc(Cl)c3c2c1. The van der Waals surface area contributed by atoms with E-state index >= 15 is 0 Å². The summed E-state index contributed by atoms with van der Waals surface area (Å²) < 4.78 is 5.26. The summed E-state index contributed by atoms with van der Waals surface area (Å²) in [6, 6.07) is 8.14. The van der Waals surface area contributed by atoms with Gasteiger partial charge in [0.1, 0.15) is 10.9 Å². The summed E-state index contributed by atoms with van der Waals surface area (Å²) in [6.45, 7) is 3.86. The normalized spacial score (nSPS) is 11.6.